The number of methoxy groups -OCH3 is 1. The van der Waals surface area contributed by atoms with Crippen LogP contribution in [0.2, 0.25) is 0 Å². The van der Waals surface area contributed by atoms with E-state index in [9.17, 15) is 14.4 Å². The molecule has 0 spiro atoms. The molecule has 2 saturated carbocycles. The molecule has 2 amide bonds. The minimum absolute atomic E-state index is 0. The normalized spacial score (nSPS) is 37.4. The number of fused-ring (bicyclic) bond motifs is 5. The second-order valence-electron chi connectivity index (χ2n) is 5.38. The van der Waals surface area contributed by atoms with Crippen molar-refractivity contribution in [2.75, 3.05) is 7.11 Å². The molecule has 0 aromatic heterocycles. The van der Waals surface area contributed by atoms with E-state index >= 15 is 0 Å². The summed E-state index contributed by atoms with van der Waals surface area (Å²) >= 11 is 0. The van der Waals surface area contributed by atoms with Crippen LogP contribution in [0.3, 0.4) is 0 Å². The van der Waals surface area contributed by atoms with Crippen molar-refractivity contribution in [1.29, 1.82) is 0 Å². The maximum atomic E-state index is 11.7. The molecule has 0 aromatic rings. The Hall–Kier alpha value is -0.656. The predicted octanol–water partition coefficient (Wildman–Crippen LogP) is 0.369. The van der Waals surface area contributed by atoms with E-state index in [0.29, 0.717) is 6.42 Å². The first kappa shape index (κ1) is 19.4. The summed E-state index contributed by atoms with van der Waals surface area (Å²) in [5, 5.41) is 3.52. The van der Waals surface area contributed by atoms with E-state index in [0.717, 1.165) is 0 Å². The summed E-state index contributed by atoms with van der Waals surface area (Å²) in [6.07, 6.45) is 1.47. The van der Waals surface area contributed by atoms with Crippen LogP contribution < -0.4 is 0 Å². The quantitative estimate of drug-likeness (QED) is 0.387. The molecule has 6 unspecified atom stereocenters. The summed E-state index contributed by atoms with van der Waals surface area (Å²) < 4.78 is 10.6. The van der Waals surface area contributed by atoms with Crippen molar-refractivity contribution in [3.05, 3.63) is 5.32 Å². The van der Waals surface area contributed by atoms with Gasteiger partial charge in [0.2, 0.25) is 0 Å². The van der Waals surface area contributed by atoms with Gasteiger partial charge in [-0.1, -0.05) is 0 Å². The van der Waals surface area contributed by atoms with Crippen LogP contribution in [0.15, 0.2) is 0 Å². The van der Waals surface area contributed by atoms with Gasteiger partial charge in [-0.05, 0) is 12.3 Å². The van der Waals surface area contributed by atoms with Gasteiger partial charge in [0.25, 0.3) is 0 Å². The first-order valence-electron chi connectivity index (χ1n) is 6.74. The van der Waals surface area contributed by atoms with Gasteiger partial charge in [0, 0.05) is 64.5 Å². The van der Waals surface area contributed by atoms with E-state index < -0.39 is 12.0 Å². The average molecular weight is 384 g/mol. The van der Waals surface area contributed by atoms with Crippen molar-refractivity contribution in [3.63, 3.8) is 0 Å². The molecule has 1 saturated heterocycles. The number of ether oxygens (including phenoxy) is 2. The number of esters is 1. The molecule has 22 heavy (non-hydrogen) atoms. The molecule has 3 fully saturated rings. The number of rotatable bonds is 2. The first-order chi connectivity index (χ1) is 9.96. The Morgan fingerprint density at radius 3 is 2.05 bits per heavy atom. The standard InChI is InChI=1S/C12H15NO5.C2H3O.Y/c1-4(14)18-10-6-3-5(9(10)17-2)7-8(6)12(16)13-11(7)15;1-2-3;/h5-10H,3H2,1-2H3,(H,13,15,16);1H3;/q;-1;/p-1. The Bertz CT molecular complexity index is 482. The van der Waals surface area contributed by atoms with Crippen molar-refractivity contribution < 1.29 is 61.4 Å². The Kier molecular flexibility index (Phi) is 6.83. The molecule has 1 radical (unpaired) electrons. The Morgan fingerprint density at radius 2 is 1.64 bits per heavy atom. The zero-order valence-electron chi connectivity index (χ0n) is 12.6. The number of carbonyl (C=O) groups excluding carboxylic acids is 4. The van der Waals surface area contributed by atoms with Crippen LogP contribution in [0.25, 0.3) is 5.32 Å². The SMILES string of the molecule is COC1C2CC(C1OC(C)=O)C1C(=O)[N-]C(=O)C21.C[C-]=O.[Y]. The number of hydrogen-bond acceptors (Lipinski definition) is 6. The van der Waals surface area contributed by atoms with E-state index in [-0.39, 0.29) is 74.4 Å². The van der Waals surface area contributed by atoms with Gasteiger partial charge in [-0.15, -0.1) is 0 Å². The molecule has 8 heteroatoms. The molecule has 119 valence electrons. The van der Waals surface area contributed by atoms with Crippen molar-refractivity contribution in [2.24, 2.45) is 23.7 Å². The summed E-state index contributed by atoms with van der Waals surface area (Å²) in [6, 6.07) is 0. The van der Waals surface area contributed by atoms with Crippen LogP contribution in [-0.2, 0) is 61.4 Å². The Morgan fingerprint density at radius 1 is 1.18 bits per heavy atom. The van der Waals surface area contributed by atoms with E-state index in [1.165, 1.54) is 27.2 Å². The van der Waals surface area contributed by atoms with Gasteiger partial charge in [-0.2, -0.15) is 6.92 Å². The number of carbonyl (C=O) groups is 3. The number of imide groups is 1. The van der Waals surface area contributed by atoms with Crippen molar-refractivity contribution >= 4 is 24.1 Å². The molecule has 1 heterocycles. The molecule has 7 nitrogen and oxygen atoms in total. The molecule has 1 aliphatic heterocycles. The molecule has 0 aromatic carbocycles. The summed E-state index contributed by atoms with van der Waals surface area (Å²) in [6.45, 7) is 2.65. The monoisotopic (exact) mass is 384 g/mol. The second-order valence-corrected chi connectivity index (χ2v) is 5.38. The molecular formula is C14H17NO6Y-2. The van der Waals surface area contributed by atoms with Gasteiger partial charge < -0.3 is 29.2 Å². The first-order valence-corrected chi connectivity index (χ1v) is 6.74. The Labute approximate surface area is 153 Å². The molecule has 2 aliphatic carbocycles. The third kappa shape index (κ3) is 3.17. The van der Waals surface area contributed by atoms with Gasteiger partial charge in [-0.3, -0.25) is 11.1 Å². The second kappa shape index (κ2) is 7.75. The van der Waals surface area contributed by atoms with Crippen LogP contribution in [0.5, 0.6) is 0 Å². The smallest absolute Gasteiger partial charge is 0.303 e. The molecule has 6 atom stereocenters. The fourth-order valence-corrected chi connectivity index (χ4v) is 3.89. The largest absolute Gasteiger partial charge is 0.595 e. The topological polar surface area (TPSA) is 101 Å². The molecular weight excluding hydrogens is 367 g/mol. The van der Waals surface area contributed by atoms with Gasteiger partial charge in [-0.25, -0.2) is 0 Å². The van der Waals surface area contributed by atoms with Crippen LogP contribution >= 0.6 is 0 Å². The molecule has 3 rings (SSSR count). The number of nitrogens with zero attached hydrogens (tertiary/aromatic N) is 1. The van der Waals surface area contributed by atoms with Gasteiger partial charge in [0.05, 0.1) is 17.9 Å². The third-order valence-corrected chi connectivity index (χ3v) is 4.39. The zero-order valence-corrected chi connectivity index (χ0v) is 15.5. The fourth-order valence-electron chi connectivity index (χ4n) is 3.89. The maximum Gasteiger partial charge on any atom is 0.303 e. The Balaban J connectivity index is 0.000000562. The van der Waals surface area contributed by atoms with E-state index in [1.54, 1.807) is 0 Å². The molecule has 3 aliphatic rings. The minimum Gasteiger partial charge on any atom is -0.595 e. The van der Waals surface area contributed by atoms with E-state index in [4.69, 9.17) is 14.3 Å². The fraction of sp³-hybridized carbons (Fsp3) is 0.714. The summed E-state index contributed by atoms with van der Waals surface area (Å²) in [4.78, 5) is 43.2. The number of hydrogen-bond donors (Lipinski definition) is 0. The van der Waals surface area contributed by atoms with E-state index in [1.807, 2.05) is 0 Å². The predicted molar refractivity (Wildman–Crippen MR) is 69.7 cm³/mol. The minimum atomic E-state index is -0.427. The summed E-state index contributed by atoms with van der Waals surface area (Å²) in [7, 11) is 1.54. The van der Waals surface area contributed by atoms with Crippen LogP contribution in [-0.4, -0.2) is 43.4 Å². The van der Waals surface area contributed by atoms with Gasteiger partial charge in [0.15, 0.2) is 0 Å². The zero-order chi connectivity index (χ0) is 15.7. The maximum absolute atomic E-state index is 11.7. The molecule has 0 N–H and O–H groups in total. The van der Waals surface area contributed by atoms with Crippen molar-refractivity contribution in [1.82, 2.24) is 0 Å². The summed E-state index contributed by atoms with van der Waals surface area (Å²) in [5.41, 5.74) is 0. The number of amides is 2. The van der Waals surface area contributed by atoms with Gasteiger partial charge in [0.1, 0.15) is 6.10 Å². The van der Waals surface area contributed by atoms with Crippen LogP contribution in [0.1, 0.15) is 20.3 Å². The van der Waals surface area contributed by atoms with Crippen molar-refractivity contribution in [3.8, 4) is 0 Å². The van der Waals surface area contributed by atoms with Crippen molar-refractivity contribution in [2.45, 2.75) is 32.5 Å². The van der Waals surface area contributed by atoms with Crippen LogP contribution in [0, 0.1) is 23.7 Å². The third-order valence-electron chi connectivity index (χ3n) is 4.39. The van der Waals surface area contributed by atoms with Crippen LogP contribution in [0.4, 0.5) is 0 Å². The average Bonchev–Trinajstić information content (AvgIpc) is 3.01. The molecule has 2 bridgehead atoms. The summed E-state index contributed by atoms with van der Waals surface area (Å²) in [5.74, 6) is -2.03. The van der Waals surface area contributed by atoms with Gasteiger partial charge >= 0.3 is 5.97 Å². The van der Waals surface area contributed by atoms with E-state index in [2.05, 4.69) is 5.32 Å².